The van der Waals surface area contributed by atoms with Crippen molar-refractivity contribution in [3.8, 4) is 0 Å². The van der Waals surface area contributed by atoms with Crippen molar-refractivity contribution in [2.24, 2.45) is 5.73 Å². The zero-order chi connectivity index (χ0) is 17.4. The second kappa shape index (κ2) is 8.76. The van der Waals surface area contributed by atoms with Crippen LogP contribution in [0.15, 0.2) is 18.2 Å². The van der Waals surface area contributed by atoms with Crippen molar-refractivity contribution >= 4 is 17.3 Å². The molecule has 0 atom stereocenters. The average Bonchev–Trinajstić information content (AvgIpc) is 2.55. The van der Waals surface area contributed by atoms with Gasteiger partial charge in [0, 0.05) is 30.8 Å². The number of amides is 1. The van der Waals surface area contributed by atoms with Crippen LogP contribution in [0.2, 0.25) is 0 Å². The summed E-state index contributed by atoms with van der Waals surface area (Å²) in [6.07, 6.45) is 0. The summed E-state index contributed by atoms with van der Waals surface area (Å²) >= 11 is 0. The largest absolute Gasteiger partial charge is 0.379 e. The first-order valence-electron chi connectivity index (χ1n) is 6.89. The molecular formula is C13H18N4O6. The lowest BCUT2D eigenvalue weighted by Crippen LogP contribution is -2.35. The molecule has 1 aliphatic heterocycles. The molecule has 1 aliphatic rings. The molecule has 0 unspecified atom stereocenters. The standard InChI is InChI=1S/C7H5N3O5.C6H13NO/c8-7(11)4-1-2-5(9(12)13)6(3-4)10(14)15;1-2-7-3-5-8-6-4-7/h1-3H,(H2,8,11);2-6H2,1H3. The van der Waals surface area contributed by atoms with E-state index >= 15 is 0 Å². The van der Waals surface area contributed by atoms with Gasteiger partial charge in [0.15, 0.2) is 0 Å². The number of likely N-dealkylation sites (N-methyl/N-ethyl adjacent to an activating group) is 1. The fourth-order valence-corrected chi connectivity index (χ4v) is 1.89. The molecule has 1 fully saturated rings. The Labute approximate surface area is 132 Å². The smallest absolute Gasteiger partial charge is 0.346 e. The quantitative estimate of drug-likeness (QED) is 0.640. The SMILES string of the molecule is CCN1CCOCC1.NC(=O)c1ccc([N+](=O)[O-])c([N+](=O)[O-])c1. The summed E-state index contributed by atoms with van der Waals surface area (Å²) in [5, 5.41) is 20.8. The minimum absolute atomic E-state index is 0.146. The number of nitro benzene ring substituents is 2. The summed E-state index contributed by atoms with van der Waals surface area (Å²) in [5.74, 6) is -0.881. The molecule has 0 radical (unpaired) electrons. The minimum atomic E-state index is -0.940. The van der Waals surface area contributed by atoms with E-state index in [0.29, 0.717) is 0 Å². The Balaban J connectivity index is 0.000000277. The first-order valence-corrected chi connectivity index (χ1v) is 6.89. The fraction of sp³-hybridized carbons (Fsp3) is 0.462. The molecule has 23 heavy (non-hydrogen) atoms. The molecule has 2 rings (SSSR count). The van der Waals surface area contributed by atoms with Gasteiger partial charge in [0.25, 0.3) is 0 Å². The predicted molar refractivity (Wildman–Crippen MR) is 81.2 cm³/mol. The first kappa shape index (κ1) is 18.5. The number of primary amides is 1. The molecule has 0 spiro atoms. The number of carbonyl (C=O) groups is 1. The molecule has 126 valence electrons. The maximum atomic E-state index is 10.7. The van der Waals surface area contributed by atoms with Gasteiger partial charge in [0.05, 0.1) is 23.1 Å². The molecule has 1 aromatic rings. The van der Waals surface area contributed by atoms with Crippen LogP contribution >= 0.6 is 0 Å². The molecule has 0 aliphatic carbocycles. The summed E-state index contributed by atoms with van der Waals surface area (Å²) in [4.78, 5) is 32.1. The highest BCUT2D eigenvalue weighted by molar-refractivity contribution is 5.94. The van der Waals surface area contributed by atoms with Crippen LogP contribution in [0.5, 0.6) is 0 Å². The Morgan fingerprint density at radius 1 is 1.22 bits per heavy atom. The van der Waals surface area contributed by atoms with Gasteiger partial charge in [0.1, 0.15) is 0 Å². The van der Waals surface area contributed by atoms with Crippen LogP contribution in [0.1, 0.15) is 17.3 Å². The fourth-order valence-electron chi connectivity index (χ4n) is 1.89. The monoisotopic (exact) mass is 326 g/mol. The van der Waals surface area contributed by atoms with Gasteiger partial charge in [-0.3, -0.25) is 29.9 Å². The van der Waals surface area contributed by atoms with Crippen molar-refractivity contribution in [2.45, 2.75) is 6.92 Å². The van der Waals surface area contributed by atoms with E-state index in [9.17, 15) is 25.0 Å². The zero-order valence-corrected chi connectivity index (χ0v) is 12.6. The van der Waals surface area contributed by atoms with Crippen molar-refractivity contribution in [1.29, 1.82) is 0 Å². The van der Waals surface area contributed by atoms with E-state index in [1.54, 1.807) is 0 Å². The number of benzene rings is 1. The molecule has 10 nitrogen and oxygen atoms in total. The highest BCUT2D eigenvalue weighted by Crippen LogP contribution is 2.27. The van der Waals surface area contributed by atoms with E-state index in [-0.39, 0.29) is 5.56 Å². The van der Waals surface area contributed by atoms with E-state index in [2.05, 4.69) is 11.8 Å². The third-order valence-electron chi connectivity index (χ3n) is 3.20. The van der Waals surface area contributed by atoms with Crippen molar-refractivity contribution in [3.63, 3.8) is 0 Å². The van der Waals surface area contributed by atoms with Gasteiger partial charge < -0.3 is 10.5 Å². The summed E-state index contributed by atoms with van der Waals surface area (Å²) < 4.78 is 5.16. The predicted octanol–water partition coefficient (Wildman–Crippen LogP) is 0.940. The van der Waals surface area contributed by atoms with E-state index in [1.165, 1.54) is 6.54 Å². The van der Waals surface area contributed by atoms with Gasteiger partial charge >= 0.3 is 11.4 Å². The van der Waals surface area contributed by atoms with Crippen molar-refractivity contribution in [2.75, 3.05) is 32.8 Å². The van der Waals surface area contributed by atoms with Crippen molar-refractivity contribution in [1.82, 2.24) is 4.90 Å². The second-order valence-corrected chi connectivity index (χ2v) is 4.63. The number of carbonyl (C=O) groups excluding carboxylic acids is 1. The molecule has 2 N–H and O–H groups in total. The lowest BCUT2D eigenvalue weighted by Gasteiger charge is -2.24. The van der Waals surface area contributed by atoms with Gasteiger partial charge in [0.2, 0.25) is 5.91 Å². The van der Waals surface area contributed by atoms with Gasteiger partial charge in [-0.05, 0) is 12.6 Å². The highest BCUT2D eigenvalue weighted by Gasteiger charge is 2.24. The van der Waals surface area contributed by atoms with Crippen LogP contribution in [-0.2, 0) is 4.74 Å². The Morgan fingerprint density at radius 3 is 2.17 bits per heavy atom. The number of hydrogen-bond donors (Lipinski definition) is 1. The second-order valence-electron chi connectivity index (χ2n) is 4.63. The number of rotatable bonds is 4. The van der Waals surface area contributed by atoms with E-state index < -0.39 is 27.1 Å². The number of nitrogens with zero attached hydrogens (tertiary/aromatic N) is 3. The zero-order valence-electron chi connectivity index (χ0n) is 12.6. The number of morpholine rings is 1. The third-order valence-corrected chi connectivity index (χ3v) is 3.20. The van der Waals surface area contributed by atoms with Crippen LogP contribution in [0, 0.1) is 20.2 Å². The molecule has 10 heteroatoms. The molecule has 0 saturated carbocycles. The van der Waals surface area contributed by atoms with Gasteiger partial charge in [-0.25, -0.2) is 0 Å². The van der Waals surface area contributed by atoms with Crippen LogP contribution < -0.4 is 5.73 Å². The Bertz CT molecular complexity index is 586. The number of ether oxygens (including phenoxy) is 1. The van der Waals surface area contributed by atoms with Crippen molar-refractivity contribution in [3.05, 3.63) is 44.0 Å². The molecule has 1 heterocycles. The van der Waals surface area contributed by atoms with Gasteiger partial charge in [-0.1, -0.05) is 6.92 Å². The van der Waals surface area contributed by atoms with Crippen LogP contribution in [0.3, 0.4) is 0 Å². The Morgan fingerprint density at radius 2 is 1.78 bits per heavy atom. The Hall–Kier alpha value is -2.59. The first-order chi connectivity index (χ1) is 10.9. The van der Waals surface area contributed by atoms with E-state index in [1.807, 2.05) is 0 Å². The van der Waals surface area contributed by atoms with Crippen LogP contribution in [0.4, 0.5) is 11.4 Å². The van der Waals surface area contributed by atoms with Gasteiger partial charge in [-0.15, -0.1) is 0 Å². The lowest BCUT2D eigenvalue weighted by molar-refractivity contribution is -0.422. The normalized spacial score (nSPS) is 14.5. The topological polar surface area (TPSA) is 142 Å². The number of nitrogens with two attached hydrogens (primary N) is 1. The molecule has 1 amide bonds. The average molecular weight is 326 g/mol. The Kier molecular flexibility index (Phi) is 7.03. The van der Waals surface area contributed by atoms with Gasteiger partial charge in [-0.2, -0.15) is 0 Å². The van der Waals surface area contributed by atoms with Crippen LogP contribution in [-0.4, -0.2) is 53.5 Å². The summed E-state index contributed by atoms with van der Waals surface area (Å²) in [5.41, 5.74) is 3.30. The molecular weight excluding hydrogens is 308 g/mol. The molecule has 0 aromatic heterocycles. The third kappa shape index (κ3) is 5.60. The van der Waals surface area contributed by atoms with Crippen molar-refractivity contribution < 1.29 is 19.4 Å². The minimum Gasteiger partial charge on any atom is -0.379 e. The van der Waals surface area contributed by atoms with E-state index in [4.69, 9.17) is 10.5 Å². The maximum Gasteiger partial charge on any atom is 0.346 e. The summed E-state index contributed by atoms with van der Waals surface area (Å²) in [6.45, 7) is 7.45. The lowest BCUT2D eigenvalue weighted by atomic mass is 10.1. The molecule has 0 bridgehead atoms. The number of nitro groups is 2. The summed E-state index contributed by atoms with van der Waals surface area (Å²) in [6, 6.07) is 2.71. The summed E-state index contributed by atoms with van der Waals surface area (Å²) in [7, 11) is 0. The molecule has 1 saturated heterocycles. The highest BCUT2D eigenvalue weighted by atomic mass is 16.6. The van der Waals surface area contributed by atoms with Crippen LogP contribution in [0.25, 0.3) is 0 Å². The number of hydrogen-bond acceptors (Lipinski definition) is 7. The van der Waals surface area contributed by atoms with E-state index in [0.717, 1.165) is 44.5 Å². The maximum absolute atomic E-state index is 10.7. The molecule has 1 aromatic carbocycles.